The topological polar surface area (TPSA) is 118 Å². The quantitative estimate of drug-likeness (QED) is 0.338. The number of quaternary nitrogens is 1. The minimum absolute atomic E-state index is 0.162. The van der Waals surface area contributed by atoms with Gasteiger partial charge in [-0.3, -0.25) is 15.2 Å². The van der Waals surface area contributed by atoms with Crippen LogP contribution in [0.15, 0.2) is 78.8 Å². The fourth-order valence-corrected chi connectivity index (χ4v) is 3.63. The first-order chi connectivity index (χ1) is 15.7. The molecule has 7 nitrogen and oxygen atoms in total. The Bertz CT molecular complexity index is 1140. The molecule has 4 rings (SSSR count). The highest BCUT2D eigenvalue weighted by Gasteiger charge is 2.27. The van der Waals surface area contributed by atoms with Crippen LogP contribution in [0.5, 0.6) is 5.75 Å². The number of benzene rings is 2. The van der Waals surface area contributed by atoms with Crippen molar-refractivity contribution in [3.05, 3.63) is 101 Å². The maximum absolute atomic E-state index is 12.6. The number of ether oxygens (including phenoxy) is 1. The summed E-state index contributed by atoms with van der Waals surface area (Å²) in [5.41, 5.74) is 10.7. The number of carbonyl (C=O) groups excluding carboxylic acids is 1. The van der Waals surface area contributed by atoms with Crippen molar-refractivity contribution in [2.24, 2.45) is 5.73 Å². The van der Waals surface area contributed by atoms with E-state index in [0.717, 1.165) is 23.2 Å². The van der Waals surface area contributed by atoms with E-state index in [1.165, 1.54) is 0 Å². The van der Waals surface area contributed by atoms with Crippen molar-refractivity contribution < 1.29 is 14.8 Å². The zero-order valence-electron chi connectivity index (χ0n) is 17.7. The van der Waals surface area contributed by atoms with Gasteiger partial charge < -0.3 is 21.1 Å². The van der Waals surface area contributed by atoms with Crippen LogP contribution in [0.25, 0.3) is 5.57 Å². The fraction of sp³-hybridized carbons (Fsp3) is 0.160. The first-order valence-corrected chi connectivity index (χ1v) is 10.5. The average molecular weight is 429 g/mol. The summed E-state index contributed by atoms with van der Waals surface area (Å²) in [6.45, 7) is 2.27. The summed E-state index contributed by atoms with van der Waals surface area (Å²) in [6.07, 6.45) is 3.29. The SMILES string of the molecule is N=C(C(=C1[NH2+]CCNC1=O)c1ccc(OCc2cccc(CN)c2)cc1)c1ccncc1. The first-order valence-electron chi connectivity index (χ1n) is 10.5. The van der Waals surface area contributed by atoms with Crippen LogP contribution in [-0.4, -0.2) is 29.7 Å². The third kappa shape index (κ3) is 4.91. The Balaban J connectivity index is 1.60. The van der Waals surface area contributed by atoms with E-state index in [2.05, 4.69) is 10.3 Å². The van der Waals surface area contributed by atoms with Gasteiger partial charge in [0.05, 0.1) is 24.4 Å². The molecule has 2 aromatic carbocycles. The number of piperazine rings is 1. The summed E-state index contributed by atoms with van der Waals surface area (Å²) in [4.78, 5) is 16.6. The van der Waals surface area contributed by atoms with E-state index in [-0.39, 0.29) is 11.6 Å². The standard InChI is InChI=1S/C25H25N5O2/c26-15-17-2-1-3-18(14-17)16-32-21-6-4-19(5-7-21)22(24-25(31)30-13-12-29-24)23(27)20-8-10-28-11-9-20/h1-11,14,27,29H,12-13,15-16,26H2,(H,30,31)/p+1. The van der Waals surface area contributed by atoms with Gasteiger partial charge in [-0.2, -0.15) is 0 Å². The van der Waals surface area contributed by atoms with Gasteiger partial charge in [0.1, 0.15) is 12.4 Å². The van der Waals surface area contributed by atoms with E-state index < -0.39 is 0 Å². The van der Waals surface area contributed by atoms with Crippen LogP contribution in [0.3, 0.4) is 0 Å². The molecule has 0 radical (unpaired) electrons. The highest BCUT2D eigenvalue weighted by atomic mass is 16.5. The van der Waals surface area contributed by atoms with E-state index in [9.17, 15) is 4.79 Å². The van der Waals surface area contributed by atoms with Gasteiger partial charge in [0.2, 0.25) is 5.70 Å². The van der Waals surface area contributed by atoms with E-state index in [4.69, 9.17) is 15.9 Å². The number of amides is 1. The van der Waals surface area contributed by atoms with Gasteiger partial charge in [0, 0.05) is 24.5 Å². The fourth-order valence-electron chi connectivity index (χ4n) is 3.63. The Morgan fingerprint density at radius 3 is 2.53 bits per heavy atom. The van der Waals surface area contributed by atoms with Crippen molar-refractivity contribution in [3.63, 3.8) is 0 Å². The third-order valence-electron chi connectivity index (χ3n) is 5.29. The summed E-state index contributed by atoms with van der Waals surface area (Å²) in [5.74, 6) is 0.550. The van der Waals surface area contributed by atoms with Gasteiger partial charge in [-0.15, -0.1) is 0 Å². The second-order valence-electron chi connectivity index (χ2n) is 7.49. The molecule has 6 N–H and O–H groups in total. The second kappa shape index (κ2) is 10.00. The third-order valence-corrected chi connectivity index (χ3v) is 5.29. The van der Waals surface area contributed by atoms with Crippen LogP contribution in [0.1, 0.15) is 22.3 Å². The molecular formula is C25H26N5O2+. The Labute approximate surface area is 186 Å². The number of hydrogen-bond acceptors (Lipinski definition) is 5. The molecule has 1 aliphatic heterocycles. The smallest absolute Gasteiger partial charge is 0.306 e. The normalized spacial score (nSPS) is 15.1. The van der Waals surface area contributed by atoms with E-state index in [1.54, 1.807) is 24.5 Å². The number of allylic oxidation sites excluding steroid dienone is 1. The molecule has 0 bridgehead atoms. The van der Waals surface area contributed by atoms with Gasteiger partial charge in [-0.25, -0.2) is 0 Å². The second-order valence-corrected chi connectivity index (χ2v) is 7.49. The molecule has 3 aromatic rings. The minimum atomic E-state index is -0.162. The number of aromatic nitrogens is 1. The predicted molar refractivity (Wildman–Crippen MR) is 123 cm³/mol. The number of carbonyl (C=O) groups is 1. The lowest BCUT2D eigenvalue weighted by atomic mass is 9.93. The molecule has 2 heterocycles. The lowest BCUT2D eigenvalue weighted by Crippen LogP contribution is -2.89. The molecule has 1 amide bonds. The van der Waals surface area contributed by atoms with Crippen LogP contribution in [0, 0.1) is 5.41 Å². The Morgan fingerprint density at radius 2 is 1.81 bits per heavy atom. The largest absolute Gasteiger partial charge is 0.489 e. The van der Waals surface area contributed by atoms with Crippen molar-refractivity contribution in [2.45, 2.75) is 13.2 Å². The lowest BCUT2D eigenvalue weighted by Gasteiger charge is -2.18. The van der Waals surface area contributed by atoms with Gasteiger partial charge in [-0.05, 0) is 41.0 Å². The van der Waals surface area contributed by atoms with E-state index in [0.29, 0.717) is 42.3 Å². The maximum atomic E-state index is 12.6. The van der Waals surface area contributed by atoms with E-state index in [1.807, 2.05) is 53.8 Å². The van der Waals surface area contributed by atoms with Gasteiger partial charge in [0.25, 0.3) is 0 Å². The van der Waals surface area contributed by atoms with Crippen molar-refractivity contribution in [1.29, 1.82) is 5.41 Å². The van der Waals surface area contributed by atoms with Gasteiger partial charge in [-0.1, -0.05) is 36.4 Å². The molecule has 1 aliphatic rings. The average Bonchev–Trinajstić information content (AvgIpc) is 2.85. The summed E-state index contributed by atoms with van der Waals surface area (Å²) >= 11 is 0. The van der Waals surface area contributed by atoms with E-state index >= 15 is 0 Å². The van der Waals surface area contributed by atoms with Crippen LogP contribution >= 0.6 is 0 Å². The molecule has 1 saturated heterocycles. The molecular weight excluding hydrogens is 402 g/mol. The molecule has 0 aliphatic carbocycles. The summed E-state index contributed by atoms with van der Waals surface area (Å²) in [6, 6.07) is 19.1. The first kappa shape index (κ1) is 21.4. The highest BCUT2D eigenvalue weighted by molar-refractivity contribution is 6.33. The molecule has 0 saturated carbocycles. The number of pyridine rings is 1. The van der Waals surface area contributed by atoms with Crippen molar-refractivity contribution >= 4 is 17.2 Å². The molecule has 1 aromatic heterocycles. The van der Waals surface area contributed by atoms with Crippen LogP contribution < -0.4 is 21.1 Å². The zero-order valence-corrected chi connectivity index (χ0v) is 17.7. The predicted octanol–water partition coefficient (Wildman–Crippen LogP) is 1.59. The number of nitrogens with two attached hydrogens (primary N) is 2. The van der Waals surface area contributed by atoms with Crippen LogP contribution in [0.2, 0.25) is 0 Å². The zero-order chi connectivity index (χ0) is 22.3. The molecule has 1 fully saturated rings. The highest BCUT2D eigenvalue weighted by Crippen LogP contribution is 2.25. The number of hydrogen-bond donors (Lipinski definition) is 4. The lowest BCUT2D eigenvalue weighted by molar-refractivity contribution is -0.601. The molecule has 0 spiro atoms. The van der Waals surface area contributed by atoms with Crippen LogP contribution in [-0.2, 0) is 17.9 Å². The number of rotatable bonds is 7. The number of nitrogens with one attached hydrogen (secondary N) is 2. The van der Waals surface area contributed by atoms with Gasteiger partial charge in [0.15, 0.2) is 0 Å². The summed E-state index contributed by atoms with van der Waals surface area (Å²) in [7, 11) is 0. The molecule has 0 unspecified atom stereocenters. The molecule has 0 atom stereocenters. The molecule has 7 heteroatoms. The van der Waals surface area contributed by atoms with Gasteiger partial charge >= 0.3 is 5.91 Å². The summed E-state index contributed by atoms with van der Waals surface area (Å²) in [5, 5.41) is 13.6. The molecule has 32 heavy (non-hydrogen) atoms. The van der Waals surface area contributed by atoms with Crippen LogP contribution in [0.4, 0.5) is 0 Å². The Hall–Kier alpha value is -3.81. The monoisotopic (exact) mass is 428 g/mol. The summed E-state index contributed by atoms with van der Waals surface area (Å²) < 4.78 is 5.93. The maximum Gasteiger partial charge on any atom is 0.306 e. The number of nitrogens with zero attached hydrogens (tertiary/aromatic N) is 1. The van der Waals surface area contributed by atoms with Crippen molar-refractivity contribution in [3.8, 4) is 5.75 Å². The van der Waals surface area contributed by atoms with Crippen molar-refractivity contribution in [1.82, 2.24) is 10.3 Å². The Morgan fingerprint density at radius 1 is 1.06 bits per heavy atom. The van der Waals surface area contributed by atoms with Crippen molar-refractivity contribution in [2.75, 3.05) is 13.1 Å². The Kier molecular flexibility index (Phi) is 6.69. The minimum Gasteiger partial charge on any atom is -0.489 e. The molecule has 162 valence electrons.